The van der Waals surface area contributed by atoms with Crippen LogP contribution in [-0.4, -0.2) is 62.0 Å². The number of carbonyl (C=O) groups excluding carboxylic acids is 2. The molecule has 104 valence electrons. The van der Waals surface area contributed by atoms with E-state index in [1.165, 1.54) is 4.90 Å². The van der Waals surface area contributed by atoms with Gasteiger partial charge in [0.05, 0.1) is 12.6 Å². The molecule has 1 aliphatic rings. The van der Waals surface area contributed by atoms with Crippen LogP contribution in [0.25, 0.3) is 0 Å². The number of likely N-dealkylation sites (N-methyl/N-ethyl adjacent to an activating group) is 1. The molecule has 1 saturated carbocycles. The highest BCUT2D eigenvalue weighted by Gasteiger charge is 2.29. The van der Waals surface area contributed by atoms with Crippen LogP contribution in [0, 0.1) is 0 Å². The first-order chi connectivity index (χ1) is 8.52. The lowest BCUT2D eigenvalue weighted by Crippen LogP contribution is -2.44. The number of amides is 1. The summed E-state index contributed by atoms with van der Waals surface area (Å²) in [4.78, 5) is 27.0. The van der Waals surface area contributed by atoms with E-state index in [0.29, 0.717) is 13.0 Å². The standard InChI is InChI=1S/C13H24N2O3/c1-14(2)9-6-10-18-13(17)15(3)11-7-4-5-8-12(11)16/h11H,4-10H2,1-3H3. The lowest BCUT2D eigenvalue weighted by atomic mass is 9.93. The largest absolute Gasteiger partial charge is 0.449 e. The molecular weight excluding hydrogens is 232 g/mol. The maximum Gasteiger partial charge on any atom is 0.410 e. The molecule has 5 nitrogen and oxygen atoms in total. The van der Waals surface area contributed by atoms with Crippen molar-refractivity contribution in [1.29, 1.82) is 0 Å². The monoisotopic (exact) mass is 256 g/mol. The van der Waals surface area contributed by atoms with Crippen LogP contribution in [0.15, 0.2) is 0 Å². The molecule has 1 amide bonds. The van der Waals surface area contributed by atoms with E-state index in [-0.39, 0.29) is 17.9 Å². The number of nitrogens with zero attached hydrogens (tertiary/aromatic N) is 2. The number of hydrogen-bond acceptors (Lipinski definition) is 4. The molecule has 0 radical (unpaired) electrons. The molecule has 1 rings (SSSR count). The van der Waals surface area contributed by atoms with Gasteiger partial charge in [0.2, 0.25) is 0 Å². The third-order valence-corrected chi connectivity index (χ3v) is 3.25. The number of hydrogen-bond donors (Lipinski definition) is 0. The highest BCUT2D eigenvalue weighted by molar-refractivity contribution is 5.87. The number of Topliss-reactive ketones (excluding diaryl/α,β-unsaturated/α-hetero) is 1. The van der Waals surface area contributed by atoms with Crippen LogP contribution >= 0.6 is 0 Å². The van der Waals surface area contributed by atoms with E-state index in [1.54, 1.807) is 7.05 Å². The summed E-state index contributed by atoms with van der Waals surface area (Å²) in [5.41, 5.74) is 0. The van der Waals surface area contributed by atoms with E-state index in [1.807, 2.05) is 19.0 Å². The van der Waals surface area contributed by atoms with Gasteiger partial charge in [-0.1, -0.05) is 6.42 Å². The summed E-state index contributed by atoms with van der Waals surface area (Å²) < 4.78 is 5.16. The number of ketones is 1. The number of rotatable bonds is 5. The Balaban J connectivity index is 2.29. The van der Waals surface area contributed by atoms with Gasteiger partial charge in [0, 0.05) is 20.0 Å². The van der Waals surface area contributed by atoms with E-state index < -0.39 is 0 Å². The van der Waals surface area contributed by atoms with Crippen LogP contribution in [0.4, 0.5) is 4.79 Å². The summed E-state index contributed by atoms with van der Waals surface area (Å²) in [5.74, 6) is 0.161. The Kier molecular flexibility index (Phi) is 6.12. The van der Waals surface area contributed by atoms with Gasteiger partial charge in [-0.2, -0.15) is 0 Å². The highest BCUT2D eigenvalue weighted by atomic mass is 16.6. The third kappa shape index (κ3) is 4.64. The molecule has 0 saturated heterocycles. The SMILES string of the molecule is CN(C)CCCOC(=O)N(C)C1CCCCC1=O. The van der Waals surface area contributed by atoms with Crippen LogP contribution in [0.1, 0.15) is 32.1 Å². The zero-order valence-corrected chi connectivity index (χ0v) is 11.6. The third-order valence-electron chi connectivity index (χ3n) is 3.25. The first-order valence-corrected chi connectivity index (χ1v) is 6.59. The Morgan fingerprint density at radius 3 is 2.67 bits per heavy atom. The van der Waals surface area contributed by atoms with Gasteiger partial charge in [0.15, 0.2) is 5.78 Å². The molecule has 0 N–H and O–H groups in total. The molecule has 1 atom stereocenters. The molecule has 5 heteroatoms. The van der Waals surface area contributed by atoms with Gasteiger partial charge in [-0.15, -0.1) is 0 Å². The van der Waals surface area contributed by atoms with Crippen LogP contribution in [0.2, 0.25) is 0 Å². The Hall–Kier alpha value is -1.10. The van der Waals surface area contributed by atoms with Crippen molar-refractivity contribution in [2.45, 2.75) is 38.1 Å². The molecule has 18 heavy (non-hydrogen) atoms. The minimum Gasteiger partial charge on any atom is -0.449 e. The highest BCUT2D eigenvalue weighted by Crippen LogP contribution is 2.19. The first-order valence-electron chi connectivity index (χ1n) is 6.59. The Morgan fingerprint density at radius 2 is 2.06 bits per heavy atom. The van der Waals surface area contributed by atoms with Gasteiger partial charge in [0.25, 0.3) is 0 Å². The van der Waals surface area contributed by atoms with Crippen molar-refractivity contribution in [2.24, 2.45) is 0 Å². The second kappa shape index (κ2) is 7.36. The Morgan fingerprint density at radius 1 is 1.33 bits per heavy atom. The van der Waals surface area contributed by atoms with Crippen molar-refractivity contribution in [1.82, 2.24) is 9.80 Å². The molecule has 0 heterocycles. The van der Waals surface area contributed by atoms with Crippen molar-refractivity contribution in [3.63, 3.8) is 0 Å². The first kappa shape index (κ1) is 15.0. The van der Waals surface area contributed by atoms with Gasteiger partial charge in [-0.3, -0.25) is 4.79 Å². The van der Waals surface area contributed by atoms with Crippen molar-refractivity contribution in [3.8, 4) is 0 Å². The van der Waals surface area contributed by atoms with Gasteiger partial charge in [-0.25, -0.2) is 4.79 Å². The predicted octanol–water partition coefficient (Wildman–Crippen LogP) is 1.52. The average Bonchev–Trinajstić information content (AvgIpc) is 2.34. The second-order valence-corrected chi connectivity index (χ2v) is 5.11. The fraction of sp³-hybridized carbons (Fsp3) is 0.846. The van der Waals surface area contributed by atoms with Gasteiger partial charge < -0.3 is 14.5 Å². The fourth-order valence-electron chi connectivity index (χ4n) is 2.14. The normalized spacial score (nSPS) is 20.0. The number of ether oxygens (including phenoxy) is 1. The zero-order chi connectivity index (χ0) is 13.5. The zero-order valence-electron chi connectivity index (χ0n) is 11.6. The van der Waals surface area contributed by atoms with Crippen molar-refractivity contribution >= 4 is 11.9 Å². The number of carbonyl (C=O) groups is 2. The molecule has 0 aromatic heterocycles. The fourth-order valence-corrected chi connectivity index (χ4v) is 2.14. The van der Waals surface area contributed by atoms with Gasteiger partial charge in [0.1, 0.15) is 0 Å². The van der Waals surface area contributed by atoms with Crippen LogP contribution in [0.3, 0.4) is 0 Å². The average molecular weight is 256 g/mol. The quantitative estimate of drug-likeness (QED) is 0.700. The second-order valence-electron chi connectivity index (χ2n) is 5.11. The van der Waals surface area contributed by atoms with Gasteiger partial charge >= 0.3 is 6.09 Å². The molecule has 1 fully saturated rings. The van der Waals surface area contributed by atoms with Crippen molar-refractivity contribution in [3.05, 3.63) is 0 Å². The van der Waals surface area contributed by atoms with Crippen LogP contribution in [0.5, 0.6) is 0 Å². The van der Waals surface area contributed by atoms with Gasteiger partial charge in [-0.05, 0) is 33.4 Å². The molecule has 0 bridgehead atoms. The van der Waals surface area contributed by atoms with E-state index in [2.05, 4.69) is 0 Å². The van der Waals surface area contributed by atoms with Crippen LogP contribution in [-0.2, 0) is 9.53 Å². The molecule has 0 spiro atoms. The molecule has 1 unspecified atom stereocenters. The maximum absolute atomic E-state index is 11.8. The molecular formula is C13H24N2O3. The molecule has 0 aliphatic heterocycles. The predicted molar refractivity (Wildman–Crippen MR) is 69.5 cm³/mol. The maximum atomic E-state index is 11.8. The Labute approximate surface area is 109 Å². The van der Waals surface area contributed by atoms with E-state index in [4.69, 9.17) is 4.74 Å². The lowest BCUT2D eigenvalue weighted by Gasteiger charge is -2.29. The summed E-state index contributed by atoms with van der Waals surface area (Å²) in [6.45, 7) is 1.29. The lowest BCUT2D eigenvalue weighted by molar-refractivity contribution is -0.125. The summed E-state index contributed by atoms with van der Waals surface area (Å²) in [6.07, 6.45) is 3.74. The van der Waals surface area contributed by atoms with Crippen molar-refractivity contribution in [2.75, 3.05) is 34.3 Å². The Bertz CT molecular complexity index is 292. The summed E-state index contributed by atoms with van der Waals surface area (Å²) in [6, 6.07) is -0.278. The molecule has 0 aromatic rings. The molecule has 1 aliphatic carbocycles. The topological polar surface area (TPSA) is 49.9 Å². The minimum atomic E-state index is -0.381. The summed E-state index contributed by atoms with van der Waals surface area (Å²) >= 11 is 0. The van der Waals surface area contributed by atoms with E-state index >= 15 is 0 Å². The molecule has 0 aromatic carbocycles. The smallest absolute Gasteiger partial charge is 0.410 e. The summed E-state index contributed by atoms with van der Waals surface area (Å²) in [7, 11) is 5.62. The summed E-state index contributed by atoms with van der Waals surface area (Å²) in [5, 5.41) is 0. The van der Waals surface area contributed by atoms with Crippen LogP contribution < -0.4 is 0 Å². The van der Waals surface area contributed by atoms with E-state index in [0.717, 1.165) is 32.2 Å². The van der Waals surface area contributed by atoms with E-state index in [9.17, 15) is 9.59 Å². The minimum absolute atomic E-state index is 0.161. The van der Waals surface area contributed by atoms with Crippen molar-refractivity contribution < 1.29 is 14.3 Å².